The quantitative estimate of drug-likeness (QED) is 0.697. The van der Waals surface area contributed by atoms with E-state index < -0.39 is 0 Å². The minimum atomic E-state index is 0.478. The van der Waals surface area contributed by atoms with Crippen molar-refractivity contribution in [1.29, 1.82) is 0 Å². The molecule has 1 atom stereocenters. The van der Waals surface area contributed by atoms with E-state index in [4.69, 9.17) is 4.74 Å². The number of hydrogen-bond acceptors (Lipinski definition) is 1. The molecule has 1 aliphatic rings. The zero-order valence-electron chi connectivity index (χ0n) is 9.78. The van der Waals surface area contributed by atoms with Crippen molar-refractivity contribution < 1.29 is 4.74 Å². The highest BCUT2D eigenvalue weighted by molar-refractivity contribution is 5.71. The molecule has 1 nitrogen and oxygen atoms in total. The highest BCUT2D eigenvalue weighted by Gasteiger charge is 2.20. The minimum absolute atomic E-state index is 0.478. The molecule has 0 amide bonds. The molecule has 0 saturated heterocycles. The lowest BCUT2D eigenvalue weighted by Crippen LogP contribution is -2.18. The molecule has 2 rings (SSSR count). The largest absolute Gasteiger partial charge is 0.376 e. The van der Waals surface area contributed by atoms with Gasteiger partial charge in [-0.1, -0.05) is 43.3 Å². The molecule has 0 N–H and O–H groups in total. The number of benzene rings is 1. The van der Waals surface area contributed by atoms with Crippen molar-refractivity contribution in [3.8, 4) is 0 Å². The summed E-state index contributed by atoms with van der Waals surface area (Å²) in [6.07, 6.45) is 2.88. The van der Waals surface area contributed by atoms with Gasteiger partial charge in [0.25, 0.3) is 0 Å². The fraction of sp³-hybridized carbons (Fsp3) is 0.333. The van der Waals surface area contributed by atoms with Gasteiger partial charge in [0, 0.05) is 5.92 Å². The van der Waals surface area contributed by atoms with Gasteiger partial charge in [-0.15, -0.1) is 6.58 Å². The second kappa shape index (κ2) is 5.13. The van der Waals surface area contributed by atoms with Gasteiger partial charge in [-0.05, 0) is 23.1 Å². The Morgan fingerprint density at radius 1 is 1.38 bits per heavy atom. The normalized spacial score (nSPS) is 20.9. The van der Waals surface area contributed by atoms with E-state index in [9.17, 15) is 0 Å². The Balaban J connectivity index is 2.42. The highest BCUT2D eigenvalue weighted by atomic mass is 16.5. The smallest absolute Gasteiger partial charge is 0.0686 e. The zero-order valence-corrected chi connectivity index (χ0v) is 9.78. The third kappa shape index (κ3) is 2.25. The molecular weight excluding hydrogens is 196 g/mol. The van der Waals surface area contributed by atoms with Crippen LogP contribution in [0.1, 0.15) is 18.9 Å². The number of allylic oxidation sites excluding steroid dienone is 1. The van der Waals surface area contributed by atoms with Crippen LogP contribution in [0.3, 0.4) is 0 Å². The van der Waals surface area contributed by atoms with Crippen molar-refractivity contribution in [2.75, 3.05) is 13.2 Å². The van der Waals surface area contributed by atoms with Gasteiger partial charge in [-0.2, -0.15) is 0 Å². The molecule has 0 saturated carbocycles. The summed E-state index contributed by atoms with van der Waals surface area (Å²) in [7, 11) is 0. The van der Waals surface area contributed by atoms with Crippen LogP contribution in [0.25, 0.3) is 5.57 Å². The van der Waals surface area contributed by atoms with Gasteiger partial charge in [-0.25, -0.2) is 0 Å². The van der Waals surface area contributed by atoms with Crippen LogP contribution in [0.5, 0.6) is 0 Å². The second-order valence-electron chi connectivity index (χ2n) is 4.29. The monoisotopic (exact) mass is 214 g/mol. The van der Waals surface area contributed by atoms with Gasteiger partial charge >= 0.3 is 0 Å². The summed E-state index contributed by atoms with van der Waals surface area (Å²) in [6, 6.07) is 10.6. The summed E-state index contributed by atoms with van der Waals surface area (Å²) < 4.78 is 5.59. The summed E-state index contributed by atoms with van der Waals surface area (Å²) in [6.45, 7) is 7.62. The SMILES string of the molecule is C=CCC1=C(c2ccccc2)C(C)COC1. The molecule has 0 radical (unpaired) electrons. The Hall–Kier alpha value is -1.34. The summed E-state index contributed by atoms with van der Waals surface area (Å²) in [5.74, 6) is 0.478. The molecule has 0 spiro atoms. The molecule has 1 heterocycles. The standard InChI is InChI=1S/C15H18O/c1-3-7-14-11-16-10-12(2)15(14)13-8-5-4-6-9-13/h3-6,8-9,12H,1,7,10-11H2,2H3. The molecule has 1 aliphatic heterocycles. The predicted octanol–water partition coefficient (Wildman–Crippen LogP) is 3.68. The van der Waals surface area contributed by atoms with Crippen molar-refractivity contribution in [3.05, 3.63) is 54.1 Å². The van der Waals surface area contributed by atoms with Gasteiger partial charge < -0.3 is 4.74 Å². The molecule has 0 fully saturated rings. The van der Waals surface area contributed by atoms with Crippen LogP contribution < -0.4 is 0 Å². The maximum atomic E-state index is 5.59. The van der Waals surface area contributed by atoms with Crippen molar-refractivity contribution in [2.45, 2.75) is 13.3 Å². The molecule has 1 heteroatoms. The van der Waals surface area contributed by atoms with E-state index in [2.05, 4.69) is 43.8 Å². The number of hydrogen-bond donors (Lipinski definition) is 0. The Morgan fingerprint density at radius 3 is 2.81 bits per heavy atom. The average Bonchev–Trinajstić information content (AvgIpc) is 2.31. The average molecular weight is 214 g/mol. The Morgan fingerprint density at radius 2 is 2.12 bits per heavy atom. The number of ether oxygens (including phenoxy) is 1. The minimum Gasteiger partial charge on any atom is -0.376 e. The molecule has 16 heavy (non-hydrogen) atoms. The fourth-order valence-electron chi connectivity index (χ4n) is 2.32. The topological polar surface area (TPSA) is 9.23 Å². The predicted molar refractivity (Wildman–Crippen MR) is 68.2 cm³/mol. The van der Waals surface area contributed by atoms with E-state index in [0.29, 0.717) is 5.92 Å². The fourth-order valence-corrected chi connectivity index (χ4v) is 2.32. The van der Waals surface area contributed by atoms with Crippen molar-refractivity contribution >= 4 is 5.57 Å². The molecule has 1 unspecified atom stereocenters. The van der Waals surface area contributed by atoms with Crippen LogP contribution in [0.15, 0.2) is 48.6 Å². The summed E-state index contributed by atoms with van der Waals surface area (Å²) in [5, 5.41) is 0. The maximum Gasteiger partial charge on any atom is 0.0686 e. The van der Waals surface area contributed by atoms with Crippen LogP contribution >= 0.6 is 0 Å². The van der Waals surface area contributed by atoms with Crippen LogP contribution in [-0.4, -0.2) is 13.2 Å². The molecule has 1 aromatic carbocycles. The van der Waals surface area contributed by atoms with E-state index in [1.54, 1.807) is 0 Å². The third-order valence-electron chi connectivity index (χ3n) is 2.99. The molecule has 0 aromatic heterocycles. The van der Waals surface area contributed by atoms with Gasteiger partial charge in [0.05, 0.1) is 13.2 Å². The molecule has 84 valence electrons. The number of rotatable bonds is 3. The lowest BCUT2D eigenvalue weighted by Gasteiger charge is -2.26. The van der Waals surface area contributed by atoms with E-state index in [1.807, 2.05) is 6.08 Å². The van der Waals surface area contributed by atoms with Crippen LogP contribution in [0, 0.1) is 5.92 Å². The van der Waals surface area contributed by atoms with E-state index >= 15 is 0 Å². The lowest BCUT2D eigenvalue weighted by atomic mass is 9.87. The first kappa shape index (κ1) is 11.2. The lowest BCUT2D eigenvalue weighted by molar-refractivity contribution is 0.127. The third-order valence-corrected chi connectivity index (χ3v) is 2.99. The van der Waals surface area contributed by atoms with Crippen molar-refractivity contribution in [3.63, 3.8) is 0 Å². The van der Waals surface area contributed by atoms with E-state index in [1.165, 1.54) is 16.7 Å². The summed E-state index contributed by atoms with van der Waals surface area (Å²) in [5.41, 5.74) is 4.15. The Kier molecular flexibility index (Phi) is 3.58. The molecule has 1 aromatic rings. The van der Waals surface area contributed by atoms with Crippen molar-refractivity contribution in [2.24, 2.45) is 5.92 Å². The first-order valence-electron chi connectivity index (χ1n) is 5.79. The van der Waals surface area contributed by atoms with E-state index in [-0.39, 0.29) is 0 Å². The Labute approximate surface area is 97.4 Å². The van der Waals surface area contributed by atoms with Crippen LogP contribution in [0.2, 0.25) is 0 Å². The van der Waals surface area contributed by atoms with Crippen LogP contribution in [0.4, 0.5) is 0 Å². The van der Waals surface area contributed by atoms with Crippen LogP contribution in [-0.2, 0) is 4.74 Å². The van der Waals surface area contributed by atoms with Gasteiger partial charge in [0.2, 0.25) is 0 Å². The van der Waals surface area contributed by atoms with Gasteiger partial charge in [0.15, 0.2) is 0 Å². The molecule has 0 aliphatic carbocycles. The molecular formula is C15H18O. The van der Waals surface area contributed by atoms with Crippen molar-refractivity contribution in [1.82, 2.24) is 0 Å². The zero-order chi connectivity index (χ0) is 11.4. The van der Waals surface area contributed by atoms with Gasteiger partial charge in [-0.3, -0.25) is 0 Å². The first-order chi connectivity index (χ1) is 7.83. The van der Waals surface area contributed by atoms with Gasteiger partial charge in [0.1, 0.15) is 0 Å². The summed E-state index contributed by atoms with van der Waals surface area (Å²) >= 11 is 0. The second-order valence-corrected chi connectivity index (χ2v) is 4.29. The summed E-state index contributed by atoms with van der Waals surface area (Å²) in [4.78, 5) is 0. The van der Waals surface area contributed by atoms with E-state index in [0.717, 1.165) is 19.6 Å². The molecule has 0 bridgehead atoms. The maximum absolute atomic E-state index is 5.59. The highest BCUT2D eigenvalue weighted by Crippen LogP contribution is 2.32. The first-order valence-corrected chi connectivity index (χ1v) is 5.79. The Bertz CT molecular complexity index is 389.